The molecule has 0 radical (unpaired) electrons. The molecule has 2 aromatic carbocycles. The predicted molar refractivity (Wildman–Crippen MR) is 93.4 cm³/mol. The summed E-state index contributed by atoms with van der Waals surface area (Å²) in [5.74, 6) is 0.940. The second-order valence-electron chi connectivity index (χ2n) is 6.00. The van der Waals surface area contributed by atoms with Crippen LogP contribution in [-0.4, -0.2) is 12.6 Å². The van der Waals surface area contributed by atoms with E-state index in [2.05, 4.69) is 66.8 Å². The van der Waals surface area contributed by atoms with Gasteiger partial charge in [0, 0.05) is 6.04 Å². The van der Waals surface area contributed by atoms with Crippen LogP contribution in [0.4, 0.5) is 0 Å². The highest BCUT2D eigenvalue weighted by molar-refractivity contribution is 5.29. The lowest BCUT2D eigenvalue weighted by atomic mass is 10.1. The van der Waals surface area contributed by atoms with Crippen LogP contribution in [0.1, 0.15) is 44.4 Å². The van der Waals surface area contributed by atoms with Crippen molar-refractivity contribution in [2.45, 2.75) is 45.8 Å². The third-order valence-electron chi connectivity index (χ3n) is 3.69. The van der Waals surface area contributed by atoms with Crippen LogP contribution in [0.25, 0.3) is 0 Å². The van der Waals surface area contributed by atoms with Crippen molar-refractivity contribution < 1.29 is 4.74 Å². The van der Waals surface area contributed by atoms with Crippen molar-refractivity contribution in [2.24, 2.45) is 0 Å². The first kappa shape index (κ1) is 16.6. The highest BCUT2D eigenvalue weighted by atomic mass is 16.5. The van der Waals surface area contributed by atoms with E-state index in [9.17, 15) is 0 Å². The Morgan fingerprint density at radius 3 is 2.23 bits per heavy atom. The van der Waals surface area contributed by atoms with Gasteiger partial charge in [-0.3, -0.25) is 0 Å². The molecule has 0 spiro atoms. The first-order valence-corrected chi connectivity index (χ1v) is 8.19. The largest absolute Gasteiger partial charge is 0.491 e. The molecular formula is C20H27NO. The van der Waals surface area contributed by atoms with Gasteiger partial charge in [-0.15, -0.1) is 0 Å². The minimum absolute atomic E-state index is 0.222. The van der Waals surface area contributed by atoms with Crippen LogP contribution >= 0.6 is 0 Å². The lowest BCUT2D eigenvalue weighted by Crippen LogP contribution is -2.20. The van der Waals surface area contributed by atoms with Crippen LogP contribution in [0.15, 0.2) is 54.6 Å². The van der Waals surface area contributed by atoms with E-state index in [0.717, 1.165) is 25.1 Å². The number of hydrogen-bond acceptors (Lipinski definition) is 2. The van der Waals surface area contributed by atoms with Gasteiger partial charge in [-0.25, -0.2) is 0 Å². The number of nitrogens with one attached hydrogen (secondary N) is 1. The van der Waals surface area contributed by atoms with Gasteiger partial charge in [0.05, 0.1) is 6.10 Å². The summed E-state index contributed by atoms with van der Waals surface area (Å²) in [7, 11) is 0. The SMILES string of the molecule is CC(C)Oc1ccc(C(C)NCCCc2ccccc2)cc1. The summed E-state index contributed by atoms with van der Waals surface area (Å²) in [6, 6.07) is 19.4. The predicted octanol–water partition coefficient (Wildman–Crippen LogP) is 4.76. The maximum Gasteiger partial charge on any atom is 0.119 e. The van der Waals surface area contributed by atoms with Gasteiger partial charge in [-0.2, -0.15) is 0 Å². The zero-order valence-electron chi connectivity index (χ0n) is 13.9. The molecule has 0 amide bonds. The average molecular weight is 297 g/mol. The van der Waals surface area contributed by atoms with E-state index >= 15 is 0 Å². The van der Waals surface area contributed by atoms with Gasteiger partial charge in [0.1, 0.15) is 5.75 Å². The van der Waals surface area contributed by atoms with E-state index in [4.69, 9.17) is 4.74 Å². The Kier molecular flexibility index (Phi) is 6.47. The zero-order valence-corrected chi connectivity index (χ0v) is 13.9. The molecule has 118 valence electrons. The van der Waals surface area contributed by atoms with Crippen molar-refractivity contribution in [2.75, 3.05) is 6.54 Å². The van der Waals surface area contributed by atoms with Crippen molar-refractivity contribution in [3.05, 3.63) is 65.7 Å². The standard InChI is InChI=1S/C20H27NO/c1-16(2)22-20-13-11-19(12-14-20)17(3)21-15-7-10-18-8-5-4-6-9-18/h4-6,8-9,11-14,16-17,21H,7,10,15H2,1-3H3. The lowest BCUT2D eigenvalue weighted by molar-refractivity contribution is 0.242. The fourth-order valence-electron chi connectivity index (χ4n) is 2.48. The molecule has 1 N–H and O–H groups in total. The van der Waals surface area contributed by atoms with Gasteiger partial charge >= 0.3 is 0 Å². The molecule has 2 heteroatoms. The second kappa shape index (κ2) is 8.60. The van der Waals surface area contributed by atoms with E-state index < -0.39 is 0 Å². The van der Waals surface area contributed by atoms with Gasteiger partial charge in [-0.1, -0.05) is 42.5 Å². The minimum Gasteiger partial charge on any atom is -0.491 e. The molecule has 2 aromatic rings. The smallest absolute Gasteiger partial charge is 0.119 e. The molecule has 0 aliphatic carbocycles. The zero-order chi connectivity index (χ0) is 15.8. The normalized spacial score (nSPS) is 12.4. The molecule has 0 aliphatic rings. The lowest BCUT2D eigenvalue weighted by Gasteiger charge is -2.15. The van der Waals surface area contributed by atoms with E-state index in [1.54, 1.807) is 0 Å². The molecule has 1 atom stereocenters. The number of benzene rings is 2. The Morgan fingerprint density at radius 1 is 0.909 bits per heavy atom. The van der Waals surface area contributed by atoms with E-state index in [1.165, 1.54) is 11.1 Å². The summed E-state index contributed by atoms with van der Waals surface area (Å²) in [4.78, 5) is 0. The van der Waals surface area contributed by atoms with Crippen LogP contribution in [0.2, 0.25) is 0 Å². The highest BCUT2D eigenvalue weighted by Crippen LogP contribution is 2.18. The van der Waals surface area contributed by atoms with Crippen LogP contribution in [-0.2, 0) is 6.42 Å². The maximum atomic E-state index is 5.68. The van der Waals surface area contributed by atoms with Crippen molar-refractivity contribution in [3.63, 3.8) is 0 Å². The van der Waals surface area contributed by atoms with Crippen LogP contribution in [0.5, 0.6) is 5.75 Å². The molecular weight excluding hydrogens is 270 g/mol. The number of rotatable bonds is 8. The van der Waals surface area contributed by atoms with Crippen molar-refractivity contribution in [1.82, 2.24) is 5.32 Å². The summed E-state index contributed by atoms with van der Waals surface area (Å²) >= 11 is 0. The molecule has 0 saturated carbocycles. The molecule has 0 aromatic heterocycles. The fraction of sp³-hybridized carbons (Fsp3) is 0.400. The molecule has 0 aliphatic heterocycles. The van der Waals surface area contributed by atoms with Crippen LogP contribution in [0.3, 0.4) is 0 Å². The van der Waals surface area contributed by atoms with Gasteiger partial charge in [0.15, 0.2) is 0 Å². The molecule has 2 rings (SSSR count). The minimum atomic E-state index is 0.222. The Morgan fingerprint density at radius 2 is 1.59 bits per heavy atom. The molecule has 1 unspecified atom stereocenters. The summed E-state index contributed by atoms with van der Waals surface area (Å²) < 4.78 is 5.68. The summed E-state index contributed by atoms with van der Waals surface area (Å²) in [6.45, 7) is 7.33. The van der Waals surface area contributed by atoms with E-state index in [0.29, 0.717) is 6.04 Å². The quantitative estimate of drug-likeness (QED) is 0.709. The van der Waals surface area contributed by atoms with Crippen molar-refractivity contribution in [3.8, 4) is 5.75 Å². The molecule has 0 fully saturated rings. The molecule has 0 heterocycles. The van der Waals surface area contributed by atoms with Gasteiger partial charge in [0.25, 0.3) is 0 Å². The number of hydrogen-bond donors (Lipinski definition) is 1. The maximum absolute atomic E-state index is 5.68. The Labute approximate surface area is 134 Å². The van der Waals surface area contributed by atoms with Gasteiger partial charge < -0.3 is 10.1 Å². The summed E-state index contributed by atoms with van der Waals surface area (Å²) in [5.41, 5.74) is 2.71. The molecule has 0 saturated heterocycles. The molecule has 2 nitrogen and oxygen atoms in total. The summed E-state index contributed by atoms with van der Waals surface area (Å²) in [6.07, 6.45) is 2.50. The molecule has 22 heavy (non-hydrogen) atoms. The topological polar surface area (TPSA) is 21.3 Å². The Hall–Kier alpha value is -1.80. The third-order valence-corrected chi connectivity index (χ3v) is 3.69. The van der Waals surface area contributed by atoms with Crippen LogP contribution in [0, 0.1) is 0 Å². The second-order valence-corrected chi connectivity index (χ2v) is 6.00. The first-order chi connectivity index (χ1) is 10.6. The van der Waals surface area contributed by atoms with Gasteiger partial charge in [0.2, 0.25) is 0 Å². The Balaban J connectivity index is 1.73. The molecule has 0 bridgehead atoms. The van der Waals surface area contributed by atoms with E-state index in [1.807, 2.05) is 13.8 Å². The van der Waals surface area contributed by atoms with Crippen LogP contribution < -0.4 is 10.1 Å². The third kappa shape index (κ3) is 5.53. The Bertz CT molecular complexity index is 533. The monoisotopic (exact) mass is 297 g/mol. The highest BCUT2D eigenvalue weighted by Gasteiger charge is 2.05. The number of ether oxygens (including phenoxy) is 1. The van der Waals surface area contributed by atoms with E-state index in [-0.39, 0.29) is 6.10 Å². The van der Waals surface area contributed by atoms with Crippen molar-refractivity contribution in [1.29, 1.82) is 0 Å². The fourth-order valence-corrected chi connectivity index (χ4v) is 2.48. The average Bonchev–Trinajstić information content (AvgIpc) is 2.52. The van der Waals surface area contributed by atoms with Gasteiger partial charge in [-0.05, 0) is 63.4 Å². The summed E-state index contributed by atoms with van der Waals surface area (Å²) in [5, 5.41) is 3.59. The first-order valence-electron chi connectivity index (χ1n) is 8.19. The number of aryl methyl sites for hydroxylation is 1. The van der Waals surface area contributed by atoms with Crippen molar-refractivity contribution >= 4 is 0 Å².